The van der Waals surface area contributed by atoms with Gasteiger partial charge in [0, 0.05) is 17.5 Å². The Balaban J connectivity index is 1.55. The van der Waals surface area contributed by atoms with Gasteiger partial charge in [0.25, 0.3) is 5.91 Å². The highest BCUT2D eigenvalue weighted by molar-refractivity contribution is 7.17. The van der Waals surface area contributed by atoms with Crippen LogP contribution in [-0.4, -0.2) is 36.6 Å². The molecule has 1 aliphatic rings. The number of nitrogens with two attached hydrogens (primary N) is 1. The number of quaternary nitrogens is 1. The molecule has 4 N–H and O–H groups in total. The monoisotopic (exact) mass is 451 g/mol. The summed E-state index contributed by atoms with van der Waals surface area (Å²) in [6.45, 7) is 9.58. The van der Waals surface area contributed by atoms with Crippen LogP contribution in [0.4, 0.5) is 15.5 Å². The van der Waals surface area contributed by atoms with E-state index in [4.69, 9.17) is 5.73 Å². The van der Waals surface area contributed by atoms with E-state index in [1.54, 1.807) is 0 Å². The van der Waals surface area contributed by atoms with Gasteiger partial charge in [0.2, 0.25) is 0 Å². The molecule has 0 fully saturated rings. The maximum atomic E-state index is 12.7. The molecule has 0 radical (unpaired) electrons. The number of hydrogen-bond donors (Lipinski definition) is 3. The molecular formula is C25H31N4O2S+. The van der Waals surface area contributed by atoms with Crippen LogP contribution < -0.4 is 16.4 Å². The van der Waals surface area contributed by atoms with E-state index in [1.807, 2.05) is 42.5 Å². The number of urea groups is 1. The summed E-state index contributed by atoms with van der Waals surface area (Å²) in [5.74, 6) is -0.490. The summed E-state index contributed by atoms with van der Waals surface area (Å²) in [6, 6.07) is 13.4. The number of nitrogens with one attached hydrogen (secondary N) is 2. The summed E-state index contributed by atoms with van der Waals surface area (Å²) >= 11 is 1.47. The summed E-state index contributed by atoms with van der Waals surface area (Å²) in [5.41, 5.74) is 8.08. The first-order valence-corrected chi connectivity index (χ1v) is 11.7. The molecule has 32 heavy (non-hydrogen) atoms. The number of amides is 3. The van der Waals surface area contributed by atoms with Crippen LogP contribution in [0.3, 0.4) is 0 Å². The molecule has 4 rings (SSSR count). The van der Waals surface area contributed by atoms with Crippen molar-refractivity contribution in [3.05, 3.63) is 58.5 Å². The minimum atomic E-state index is -0.490. The zero-order valence-electron chi connectivity index (χ0n) is 19.1. The molecular weight excluding hydrogens is 420 g/mol. The molecule has 1 unspecified atom stereocenters. The molecule has 1 atom stereocenters. The van der Waals surface area contributed by atoms with Gasteiger partial charge in [-0.05, 0) is 28.5 Å². The number of benzene rings is 2. The van der Waals surface area contributed by atoms with Crippen LogP contribution in [0, 0.1) is 5.41 Å². The highest BCUT2D eigenvalue weighted by Gasteiger charge is 2.37. The van der Waals surface area contributed by atoms with Crippen molar-refractivity contribution in [3.8, 4) is 0 Å². The Morgan fingerprint density at radius 3 is 2.50 bits per heavy atom. The second-order valence-corrected chi connectivity index (χ2v) is 11.3. The highest BCUT2D eigenvalue weighted by atomic mass is 32.1. The third-order valence-electron chi connectivity index (χ3n) is 5.85. The number of anilines is 2. The van der Waals surface area contributed by atoms with Crippen LogP contribution in [0.5, 0.6) is 0 Å². The standard InChI is InChI=1S/C25H30N4O2S/c1-25(2,3)15-29(4)12-11-19-20(14-29)32-23(21(19)22(26)30)28-24(31)27-18-10-9-16-7-5-6-8-17(16)13-18/h5-10,13H,11-12,14-15H2,1-4H3,(H3-,26,27,28,30,31)/p+1. The zero-order chi connectivity index (χ0) is 23.1. The number of primary amides is 1. The van der Waals surface area contributed by atoms with Gasteiger partial charge in [-0.3, -0.25) is 10.1 Å². The number of fused-ring (bicyclic) bond motifs is 2. The number of thiophene rings is 1. The lowest BCUT2D eigenvalue weighted by Crippen LogP contribution is -2.51. The molecule has 3 aromatic rings. The second kappa shape index (κ2) is 8.22. The lowest BCUT2D eigenvalue weighted by atomic mass is 9.92. The maximum Gasteiger partial charge on any atom is 0.324 e. The van der Waals surface area contributed by atoms with E-state index >= 15 is 0 Å². The molecule has 6 nitrogen and oxygen atoms in total. The molecule has 2 aromatic carbocycles. The normalized spacial score (nSPS) is 18.2. The first-order chi connectivity index (χ1) is 15.0. The van der Waals surface area contributed by atoms with E-state index in [1.165, 1.54) is 11.3 Å². The van der Waals surface area contributed by atoms with Gasteiger partial charge in [-0.15, -0.1) is 11.3 Å². The van der Waals surface area contributed by atoms with E-state index in [-0.39, 0.29) is 11.4 Å². The zero-order valence-corrected chi connectivity index (χ0v) is 19.9. The Morgan fingerprint density at radius 1 is 1.09 bits per heavy atom. The van der Waals surface area contributed by atoms with Crippen molar-refractivity contribution in [2.75, 3.05) is 30.8 Å². The van der Waals surface area contributed by atoms with Crippen LogP contribution >= 0.6 is 11.3 Å². The van der Waals surface area contributed by atoms with E-state index < -0.39 is 5.91 Å². The number of likely N-dealkylation sites (N-methyl/N-ethyl adjacent to an activating group) is 1. The predicted molar refractivity (Wildman–Crippen MR) is 132 cm³/mol. The molecule has 0 bridgehead atoms. The molecule has 1 aliphatic heterocycles. The van der Waals surface area contributed by atoms with Gasteiger partial charge in [0.15, 0.2) is 0 Å². The largest absolute Gasteiger partial charge is 0.365 e. The fraction of sp³-hybridized carbons (Fsp3) is 0.360. The number of carbonyl (C=O) groups excluding carboxylic acids is 2. The molecule has 0 saturated carbocycles. The summed E-state index contributed by atoms with van der Waals surface area (Å²) in [4.78, 5) is 26.2. The molecule has 3 amide bonds. The number of nitrogens with zero attached hydrogens (tertiary/aromatic N) is 1. The van der Waals surface area contributed by atoms with Gasteiger partial charge in [0.05, 0.1) is 30.6 Å². The number of carbonyl (C=O) groups is 2. The smallest absolute Gasteiger partial charge is 0.324 e. The predicted octanol–water partition coefficient (Wildman–Crippen LogP) is 5.19. The number of rotatable bonds is 4. The van der Waals surface area contributed by atoms with Gasteiger partial charge in [-0.2, -0.15) is 0 Å². The Kier molecular flexibility index (Phi) is 5.73. The van der Waals surface area contributed by atoms with Crippen LogP contribution in [-0.2, 0) is 13.0 Å². The van der Waals surface area contributed by atoms with Gasteiger partial charge in [-0.25, -0.2) is 4.79 Å². The fourth-order valence-electron chi connectivity index (χ4n) is 4.87. The number of hydrogen-bond acceptors (Lipinski definition) is 3. The molecule has 0 saturated heterocycles. The van der Waals surface area contributed by atoms with Crippen molar-refractivity contribution in [2.45, 2.75) is 33.7 Å². The summed E-state index contributed by atoms with van der Waals surface area (Å²) < 4.78 is 0.915. The topological polar surface area (TPSA) is 84.2 Å². The van der Waals surface area contributed by atoms with Crippen LogP contribution in [0.1, 0.15) is 41.6 Å². The molecule has 1 aromatic heterocycles. The Hall–Kier alpha value is -2.90. The quantitative estimate of drug-likeness (QED) is 0.477. The average molecular weight is 452 g/mol. The Labute approximate surface area is 193 Å². The maximum absolute atomic E-state index is 12.7. The van der Waals surface area contributed by atoms with Crippen molar-refractivity contribution in [1.29, 1.82) is 0 Å². The van der Waals surface area contributed by atoms with E-state index in [9.17, 15) is 9.59 Å². The highest BCUT2D eigenvalue weighted by Crippen LogP contribution is 2.39. The van der Waals surface area contributed by atoms with Gasteiger partial charge in [0.1, 0.15) is 11.5 Å². The Bertz CT molecular complexity index is 1190. The third-order valence-corrected chi connectivity index (χ3v) is 6.99. The van der Waals surface area contributed by atoms with Crippen LogP contribution in [0.2, 0.25) is 0 Å². The van der Waals surface area contributed by atoms with E-state index in [0.29, 0.717) is 16.3 Å². The Morgan fingerprint density at radius 2 is 1.81 bits per heavy atom. The average Bonchev–Trinajstić information content (AvgIpc) is 3.02. The first-order valence-electron chi connectivity index (χ1n) is 10.9. The van der Waals surface area contributed by atoms with Crippen molar-refractivity contribution in [1.82, 2.24) is 0 Å². The minimum Gasteiger partial charge on any atom is -0.365 e. The second-order valence-electron chi connectivity index (χ2n) is 10.2. The first kappa shape index (κ1) is 22.3. The van der Waals surface area contributed by atoms with Crippen molar-refractivity contribution >= 4 is 44.7 Å². The van der Waals surface area contributed by atoms with Gasteiger partial charge >= 0.3 is 6.03 Å². The van der Waals surface area contributed by atoms with Crippen molar-refractivity contribution in [3.63, 3.8) is 0 Å². The summed E-state index contributed by atoms with van der Waals surface area (Å²) in [5, 5.41) is 8.45. The molecule has 7 heteroatoms. The molecule has 2 heterocycles. The van der Waals surface area contributed by atoms with E-state index in [2.05, 4.69) is 38.5 Å². The lowest BCUT2D eigenvalue weighted by molar-refractivity contribution is -0.929. The SMILES string of the molecule is CC(C)(C)C[N+]1(C)CCc2c(sc(NC(=O)Nc3ccc4ccccc4c3)c2C(N)=O)C1. The van der Waals surface area contributed by atoms with E-state index in [0.717, 1.165) is 51.8 Å². The summed E-state index contributed by atoms with van der Waals surface area (Å²) in [7, 11) is 2.26. The fourth-order valence-corrected chi connectivity index (χ4v) is 6.29. The molecule has 0 spiro atoms. The van der Waals surface area contributed by atoms with Crippen LogP contribution in [0.25, 0.3) is 10.8 Å². The van der Waals surface area contributed by atoms with Gasteiger partial charge < -0.3 is 15.5 Å². The molecule has 0 aliphatic carbocycles. The lowest BCUT2D eigenvalue weighted by Gasteiger charge is -2.41. The minimum absolute atomic E-state index is 0.205. The van der Waals surface area contributed by atoms with Crippen molar-refractivity contribution in [2.24, 2.45) is 11.1 Å². The third kappa shape index (κ3) is 4.79. The van der Waals surface area contributed by atoms with Crippen molar-refractivity contribution < 1.29 is 14.1 Å². The molecule has 168 valence electrons. The van der Waals surface area contributed by atoms with Gasteiger partial charge in [-0.1, -0.05) is 51.1 Å². The summed E-state index contributed by atoms with van der Waals surface area (Å²) in [6.07, 6.45) is 0.782. The van der Waals surface area contributed by atoms with Crippen LogP contribution in [0.15, 0.2) is 42.5 Å².